The van der Waals surface area contributed by atoms with Crippen molar-refractivity contribution in [1.82, 2.24) is 4.98 Å². The summed E-state index contributed by atoms with van der Waals surface area (Å²) >= 11 is 3.27. The van der Waals surface area contributed by atoms with Crippen molar-refractivity contribution in [3.63, 3.8) is 0 Å². The van der Waals surface area contributed by atoms with Gasteiger partial charge in [-0.15, -0.1) is 0 Å². The van der Waals surface area contributed by atoms with Crippen molar-refractivity contribution >= 4 is 15.9 Å². The van der Waals surface area contributed by atoms with Crippen molar-refractivity contribution in [2.75, 3.05) is 13.2 Å². The molecule has 0 amide bonds. The van der Waals surface area contributed by atoms with Gasteiger partial charge >= 0.3 is 0 Å². The maximum absolute atomic E-state index is 10.2. The Balaban J connectivity index is 2.27. The molecule has 2 unspecified atom stereocenters. The summed E-state index contributed by atoms with van der Waals surface area (Å²) in [6.07, 6.45) is 1.26. The van der Waals surface area contributed by atoms with Gasteiger partial charge in [-0.2, -0.15) is 5.26 Å². The maximum atomic E-state index is 10.2. The third kappa shape index (κ3) is 1.96. The average molecular weight is 283 g/mol. The van der Waals surface area contributed by atoms with E-state index in [2.05, 4.69) is 27.0 Å². The summed E-state index contributed by atoms with van der Waals surface area (Å²) in [5.74, 6) is 0. The van der Waals surface area contributed by atoms with E-state index in [0.717, 1.165) is 4.47 Å². The van der Waals surface area contributed by atoms with Gasteiger partial charge < -0.3 is 9.84 Å². The molecule has 1 saturated heterocycles. The Hall–Kier alpha value is -0.960. The van der Waals surface area contributed by atoms with Gasteiger partial charge in [0, 0.05) is 17.3 Å². The molecule has 0 radical (unpaired) electrons. The molecule has 0 bridgehead atoms. The van der Waals surface area contributed by atoms with E-state index in [4.69, 9.17) is 4.74 Å². The molecule has 1 aromatic rings. The van der Waals surface area contributed by atoms with E-state index in [1.807, 2.05) is 0 Å². The molecule has 0 spiro atoms. The number of aliphatic hydroxyl groups is 1. The van der Waals surface area contributed by atoms with Crippen LogP contribution in [0.25, 0.3) is 0 Å². The topological polar surface area (TPSA) is 66.1 Å². The third-order valence-corrected chi connectivity index (χ3v) is 3.30. The number of nitrogens with zero attached hydrogens (tertiary/aromatic N) is 2. The second-order valence-electron chi connectivity index (χ2n) is 3.87. The summed E-state index contributed by atoms with van der Waals surface area (Å²) in [6.45, 7) is 0.781. The Bertz CT molecular complexity index is 407. The highest BCUT2D eigenvalue weighted by molar-refractivity contribution is 9.10. The standard InChI is InChI=1S/C11H11BrN2O2/c12-8-1-2-9(14-5-8)10(15)11(6-13)3-4-16-7-11/h1-2,5,10,15H,3-4,7H2. The van der Waals surface area contributed by atoms with Gasteiger partial charge in [-0.25, -0.2) is 0 Å². The fourth-order valence-electron chi connectivity index (χ4n) is 1.78. The predicted molar refractivity (Wildman–Crippen MR) is 60.4 cm³/mol. The third-order valence-electron chi connectivity index (χ3n) is 2.83. The molecule has 0 aliphatic carbocycles. The van der Waals surface area contributed by atoms with E-state index in [1.165, 1.54) is 0 Å². The van der Waals surface area contributed by atoms with Crippen molar-refractivity contribution in [3.8, 4) is 6.07 Å². The number of aliphatic hydroxyl groups excluding tert-OH is 1. The molecule has 0 saturated carbocycles. The van der Waals surface area contributed by atoms with Gasteiger partial charge in [0.2, 0.25) is 0 Å². The molecular weight excluding hydrogens is 272 g/mol. The van der Waals surface area contributed by atoms with Gasteiger partial charge in [0.25, 0.3) is 0 Å². The normalized spacial score (nSPS) is 26.3. The molecule has 1 aliphatic rings. The van der Waals surface area contributed by atoms with Gasteiger partial charge in [-0.3, -0.25) is 4.98 Å². The van der Waals surface area contributed by atoms with E-state index in [9.17, 15) is 10.4 Å². The van der Waals surface area contributed by atoms with E-state index in [-0.39, 0.29) is 6.61 Å². The summed E-state index contributed by atoms with van der Waals surface area (Å²) in [7, 11) is 0. The molecule has 1 aromatic heterocycles. The molecule has 2 atom stereocenters. The lowest BCUT2D eigenvalue weighted by molar-refractivity contribution is 0.0473. The fraction of sp³-hybridized carbons (Fsp3) is 0.455. The number of hydrogen-bond acceptors (Lipinski definition) is 4. The second kappa shape index (κ2) is 4.50. The molecule has 1 fully saturated rings. The summed E-state index contributed by atoms with van der Waals surface area (Å²) in [6, 6.07) is 5.68. The lowest BCUT2D eigenvalue weighted by atomic mass is 9.81. The van der Waals surface area contributed by atoms with Crippen LogP contribution in [0.3, 0.4) is 0 Å². The average Bonchev–Trinajstić information content (AvgIpc) is 2.79. The predicted octanol–water partition coefficient (Wildman–Crippen LogP) is 1.81. The van der Waals surface area contributed by atoms with Crippen LogP contribution in [-0.4, -0.2) is 23.3 Å². The van der Waals surface area contributed by atoms with Gasteiger partial charge in [-0.1, -0.05) is 0 Å². The number of pyridine rings is 1. The monoisotopic (exact) mass is 282 g/mol. The quantitative estimate of drug-likeness (QED) is 0.898. The summed E-state index contributed by atoms with van der Waals surface area (Å²) in [5, 5.41) is 19.4. The zero-order valence-electron chi connectivity index (χ0n) is 8.56. The lowest BCUT2D eigenvalue weighted by Crippen LogP contribution is -2.28. The first-order valence-corrected chi connectivity index (χ1v) is 5.76. The summed E-state index contributed by atoms with van der Waals surface area (Å²) in [5.41, 5.74) is -0.337. The highest BCUT2D eigenvalue weighted by Crippen LogP contribution is 2.39. The minimum atomic E-state index is -0.895. The van der Waals surface area contributed by atoms with Crippen molar-refractivity contribution in [2.45, 2.75) is 12.5 Å². The molecule has 2 rings (SSSR count). The van der Waals surface area contributed by atoms with Crippen LogP contribution in [0.4, 0.5) is 0 Å². The first kappa shape index (κ1) is 11.5. The van der Waals surface area contributed by atoms with Crippen molar-refractivity contribution in [3.05, 3.63) is 28.5 Å². The molecule has 1 N–H and O–H groups in total. The SMILES string of the molecule is N#CC1(C(O)c2ccc(Br)cn2)CCOC1. The zero-order chi connectivity index (χ0) is 11.6. The first-order valence-electron chi connectivity index (χ1n) is 4.96. The Kier molecular flexibility index (Phi) is 3.24. The lowest BCUT2D eigenvalue weighted by Gasteiger charge is -2.24. The fourth-order valence-corrected chi connectivity index (χ4v) is 2.01. The molecule has 84 valence electrons. The zero-order valence-corrected chi connectivity index (χ0v) is 10.1. The number of nitriles is 1. The number of hydrogen-bond donors (Lipinski definition) is 1. The van der Waals surface area contributed by atoms with Crippen LogP contribution in [-0.2, 0) is 4.74 Å². The highest BCUT2D eigenvalue weighted by atomic mass is 79.9. The van der Waals surface area contributed by atoms with Gasteiger partial charge in [-0.05, 0) is 34.5 Å². The smallest absolute Gasteiger partial charge is 0.117 e. The van der Waals surface area contributed by atoms with Crippen LogP contribution in [0.5, 0.6) is 0 Å². The van der Waals surface area contributed by atoms with E-state index < -0.39 is 11.5 Å². The molecular formula is C11H11BrN2O2. The van der Waals surface area contributed by atoms with Gasteiger partial charge in [0.15, 0.2) is 0 Å². The highest BCUT2D eigenvalue weighted by Gasteiger charge is 2.43. The second-order valence-corrected chi connectivity index (χ2v) is 4.79. The number of aromatic nitrogens is 1. The van der Waals surface area contributed by atoms with Gasteiger partial charge in [0.1, 0.15) is 11.5 Å². The molecule has 1 aliphatic heterocycles. The Morgan fingerprint density at radius 1 is 1.62 bits per heavy atom. The van der Waals surface area contributed by atoms with E-state index in [1.54, 1.807) is 18.3 Å². The molecule has 5 heteroatoms. The largest absolute Gasteiger partial charge is 0.385 e. The van der Waals surface area contributed by atoms with Crippen LogP contribution in [0.15, 0.2) is 22.8 Å². The summed E-state index contributed by atoms with van der Waals surface area (Å²) in [4.78, 5) is 4.11. The van der Waals surface area contributed by atoms with Crippen LogP contribution in [0, 0.1) is 16.7 Å². The number of ether oxygens (including phenoxy) is 1. The van der Waals surface area contributed by atoms with Crippen LogP contribution in [0.1, 0.15) is 18.2 Å². The van der Waals surface area contributed by atoms with E-state index in [0.29, 0.717) is 18.7 Å². The van der Waals surface area contributed by atoms with Crippen LogP contribution >= 0.6 is 15.9 Å². The number of halogens is 1. The van der Waals surface area contributed by atoms with Crippen LogP contribution in [0.2, 0.25) is 0 Å². The van der Waals surface area contributed by atoms with Crippen molar-refractivity contribution < 1.29 is 9.84 Å². The van der Waals surface area contributed by atoms with Gasteiger partial charge in [0.05, 0.1) is 18.4 Å². The minimum Gasteiger partial charge on any atom is -0.385 e. The number of rotatable bonds is 2. The summed E-state index contributed by atoms with van der Waals surface area (Å²) < 4.78 is 6.04. The Morgan fingerprint density at radius 2 is 2.44 bits per heavy atom. The van der Waals surface area contributed by atoms with Crippen molar-refractivity contribution in [2.24, 2.45) is 5.41 Å². The Morgan fingerprint density at radius 3 is 2.94 bits per heavy atom. The van der Waals surface area contributed by atoms with Crippen LogP contribution < -0.4 is 0 Å². The minimum absolute atomic E-state index is 0.266. The maximum Gasteiger partial charge on any atom is 0.117 e. The van der Waals surface area contributed by atoms with E-state index >= 15 is 0 Å². The molecule has 16 heavy (non-hydrogen) atoms. The first-order chi connectivity index (χ1) is 7.68. The molecule has 4 nitrogen and oxygen atoms in total. The molecule has 2 heterocycles. The molecule has 0 aromatic carbocycles. The van der Waals surface area contributed by atoms with Crippen molar-refractivity contribution in [1.29, 1.82) is 5.26 Å². The Labute approximate surface area is 102 Å².